The van der Waals surface area contributed by atoms with Crippen LogP contribution < -0.4 is 4.90 Å². The Labute approximate surface area is 198 Å². The van der Waals surface area contributed by atoms with Crippen LogP contribution >= 0.6 is 11.8 Å². The maximum atomic E-state index is 5.56. The molecule has 1 fully saturated rings. The topological polar surface area (TPSA) is 58.8 Å². The Kier molecular flexibility index (Phi) is 5.95. The van der Waals surface area contributed by atoms with Gasteiger partial charge in [0.15, 0.2) is 10.8 Å². The first-order valence-corrected chi connectivity index (χ1v) is 12.0. The summed E-state index contributed by atoms with van der Waals surface area (Å²) in [6.07, 6.45) is 5.15. The minimum absolute atomic E-state index is 0.584. The van der Waals surface area contributed by atoms with Crippen LogP contribution in [0.25, 0.3) is 22.3 Å². The summed E-state index contributed by atoms with van der Waals surface area (Å²) in [6.45, 7) is 8.65. The molecule has 0 N–H and O–H groups in total. The molecule has 1 unspecified atom stereocenters. The Balaban J connectivity index is 1.41. The molecule has 5 rings (SSSR count). The van der Waals surface area contributed by atoms with Crippen molar-refractivity contribution >= 4 is 39.8 Å². The minimum Gasteiger partial charge on any atom is -0.494 e. The van der Waals surface area contributed by atoms with E-state index in [4.69, 9.17) is 9.72 Å². The van der Waals surface area contributed by atoms with E-state index in [1.54, 1.807) is 11.8 Å². The zero-order valence-corrected chi connectivity index (χ0v) is 20.0. The fourth-order valence-corrected chi connectivity index (χ4v) is 5.06. The molecule has 33 heavy (non-hydrogen) atoms. The van der Waals surface area contributed by atoms with Gasteiger partial charge in [0.25, 0.3) is 0 Å². The summed E-state index contributed by atoms with van der Waals surface area (Å²) in [7, 11) is 4.31. The standard InChI is InChI=1S/C25H28N6OS/c1-5-32-17(2)18-6-9-24-27-28-25(31(24)15-18)33-22-7-8-23-19(13-22)12-21(14-26-23)30-11-10-20(16-30)29(3)4/h6-9,12-15,20H,2,5,10-11,16H2,1,3-4H3. The van der Waals surface area contributed by atoms with Gasteiger partial charge in [-0.05, 0) is 75.6 Å². The van der Waals surface area contributed by atoms with E-state index in [0.29, 0.717) is 18.4 Å². The summed E-state index contributed by atoms with van der Waals surface area (Å²) >= 11 is 1.59. The second-order valence-electron chi connectivity index (χ2n) is 8.49. The highest BCUT2D eigenvalue weighted by molar-refractivity contribution is 7.99. The molecule has 1 aliphatic rings. The van der Waals surface area contributed by atoms with E-state index >= 15 is 0 Å². The van der Waals surface area contributed by atoms with E-state index in [2.05, 4.69) is 64.9 Å². The van der Waals surface area contributed by atoms with Crippen LogP contribution in [0.4, 0.5) is 5.69 Å². The lowest BCUT2D eigenvalue weighted by Crippen LogP contribution is -2.31. The summed E-state index contributed by atoms with van der Waals surface area (Å²) in [5.41, 5.74) is 3.88. The van der Waals surface area contributed by atoms with Crippen LogP contribution in [0.5, 0.6) is 0 Å². The zero-order chi connectivity index (χ0) is 22.9. The highest BCUT2D eigenvalue weighted by atomic mass is 32.2. The Morgan fingerprint density at radius 2 is 2.09 bits per heavy atom. The zero-order valence-electron chi connectivity index (χ0n) is 19.2. The molecule has 0 amide bonds. The predicted octanol–water partition coefficient (Wildman–Crippen LogP) is 4.58. The number of nitrogens with zero attached hydrogens (tertiary/aromatic N) is 6. The molecule has 1 aliphatic heterocycles. The van der Waals surface area contributed by atoms with Gasteiger partial charge >= 0.3 is 0 Å². The lowest BCUT2D eigenvalue weighted by atomic mass is 10.2. The van der Waals surface area contributed by atoms with Gasteiger partial charge in [0.1, 0.15) is 5.76 Å². The van der Waals surface area contributed by atoms with Crippen molar-refractivity contribution in [3.63, 3.8) is 0 Å². The number of benzene rings is 1. The van der Waals surface area contributed by atoms with Crippen LogP contribution in [-0.4, -0.2) is 64.3 Å². The quantitative estimate of drug-likeness (QED) is 0.374. The van der Waals surface area contributed by atoms with Gasteiger partial charge in [-0.15, -0.1) is 10.2 Å². The first-order chi connectivity index (χ1) is 16.0. The largest absolute Gasteiger partial charge is 0.494 e. The summed E-state index contributed by atoms with van der Waals surface area (Å²) in [6, 6.07) is 13.1. The molecule has 8 heteroatoms. The number of likely N-dealkylation sites (N-methyl/N-ethyl adjacent to an activating group) is 1. The van der Waals surface area contributed by atoms with Gasteiger partial charge in [-0.1, -0.05) is 6.58 Å². The normalized spacial score (nSPS) is 16.2. The van der Waals surface area contributed by atoms with Gasteiger partial charge in [-0.3, -0.25) is 9.38 Å². The van der Waals surface area contributed by atoms with E-state index in [-0.39, 0.29) is 0 Å². The summed E-state index contributed by atoms with van der Waals surface area (Å²) < 4.78 is 7.54. The fourth-order valence-electron chi connectivity index (χ4n) is 4.20. The Hall–Kier alpha value is -3.10. The fraction of sp³-hybridized carbons (Fsp3) is 0.320. The van der Waals surface area contributed by atoms with Gasteiger partial charge in [-0.2, -0.15) is 0 Å². The maximum Gasteiger partial charge on any atom is 0.200 e. The molecule has 1 atom stereocenters. The third-order valence-corrected chi connectivity index (χ3v) is 7.07. The first kappa shape index (κ1) is 21.7. The molecule has 0 saturated carbocycles. The SMILES string of the molecule is C=C(OCC)c1ccc2nnc(Sc3ccc4ncc(N5CCC(N(C)C)C5)cc4c3)n2c1. The third-order valence-electron chi connectivity index (χ3n) is 6.12. The number of ether oxygens (including phenoxy) is 1. The number of hydrogen-bond acceptors (Lipinski definition) is 7. The Morgan fingerprint density at radius 3 is 2.88 bits per heavy atom. The molecule has 0 spiro atoms. The molecular weight excluding hydrogens is 432 g/mol. The minimum atomic E-state index is 0.584. The molecule has 4 heterocycles. The van der Waals surface area contributed by atoms with Gasteiger partial charge in [0.2, 0.25) is 0 Å². The molecule has 4 aromatic rings. The first-order valence-electron chi connectivity index (χ1n) is 11.2. The van der Waals surface area contributed by atoms with Crippen molar-refractivity contribution in [2.24, 2.45) is 0 Å². The third kappa shape index (κ3) is 4.41. The lowest BCUT2D eigenvalue weighted by molar-refractivity contribution is 0.299. The molecule has 0 radical (unpaired) electrons. The van der Waals surface area contributed by atoms with Crippen molar-refractivity contribution in [1.29, 1.82) is 0 Å². The van der Waals surface area contributed by atoms with Gasteiger partial charge < -0.3 is 14.5 Å². The van der Waals surface area contributed by atoms with Crippen molar-refractivity contribution in [2.75, 3.05) is 38.7 Å². The van der Waals surface area contributed by atoms with Crippen LogP contribution in [0.1, 0.15) is 18.9 Å². The number of fused-ring (bicyclic) bond motifs is 2. The Morgan fingerprint density at radius 1 is 1.21 bits per heavy atom. The Bertz CT molecular complexity index is 1320. The van der Waals surface area contributed by atoms with Crippen molar-refractivity contribution in [1.82, 2.24) is 24.5 Å². The summed E-state index contributed by atoms with van der Waals surface area (Å²) in [5.74, 6) is 0.645. The summed E-state index contributed by atoms with van der Waals surface area (Å²) in [5, 5.41) is 10.6. The van der Waals surface area contributed by atoms with E-state index < -0.39 is 0 Å². The highest BCUT2D eigenvalue weighted by Gasteiger charge is 2.24. The molecule has 3 aromatic heterocycles. The predicted molar refractivity (Wildman–Crippen MR) is 134 cm³/mol. The molecule has 0 aliphatic carbocycles. The number of hydrogen-bond donors (Lipinski definition) is 0. The van der Waals surface area contributed by atoms with Crippen LogP contribution in [0.3, 0.4) is 0 Å². The van der Waals surface area contributed by atoms with Crippen LogP contribution in [0, 0.1) is 0 Å². The van der Waals surface area contributed by atoms with E-state index in [9.17, 15) is 0 Å². The van der Waals surface area contributed by atoms with Crippen molar-refractivity contribution in [3.05, 3.63) is 60.9 Å². The molecular formula is C25H28N6OS. The monoisotopic (exact) mass is 460 g/mol. The molecule has 0 bridgehead atoms. The highest BCUT2D eigenvalue weighted by Crippen LogP contribution is 2.31. The van der Waals surface area contributed by atoms with E-state index in [1.807, 2.05) is 35.9 Å². The van der Waals surface area contributed by atoms with Crippen LogP contribution in [-0.2, 0) is 4.74 Å². The second kappa shape index (κ2) is 9.03. The molecule has 1 saturated heterocycles. The smallest absolute Gasteiger partial charge is 0.200 e. The van der Waals surface area contributed by atoms with Crippen LogP contribution in [0.15, 0.2) is 65.4 Å². The summed E-state index contributed by atoms with van der Waals surface area (Å²) in [4.78, 5) is 10.5. The number of pyridine rings is 2. The van der Waals surface area contributed by atoms with E-state index in [0.717, 1.165) is 45.3 Å². The average molecular weight is 461 g/mol. The molecule has 1 aromatic carbocycles. The maximum absolute atomic E-state index is 5.56. The van der Waals surface area contributed by atoms with Crippen molar-refractivity contribution in [2.45, 2.75) is 29.4 Å². The second-order valence-corrected chi connectivity index (χ2v) is 9.53. The van der Waals surface area contributed by atoms with Gasteiger partial charge in [-0.25, -0.2) is 0 Å². The number of anilines is 1. The van der Waals surface area contributed by atoms with Gasteiger partial charge in [0.05, 0.1) is 24.0 Å². The average Bonchev–Trinajstić information content (AvgIpc) is 3.46. The van der Waals surface area contributed by atoms with Gasteiger partial charge in [0, 0.05) is 41.2 Å². The molecule has 7 nitrogen and oxygen atoms in total. The number of aromatic nitrogens is 4. The van der Waals surface area contributed by atoms with Crippen molar-refractivity contribution < 1.29 is 4.74 Å². The number of rotatable bonds is 7. The van der Waals surface area contributed by atoms with Crippen molar-refractivity contribution in [3.8, 4) is 0 Å². The molecule has 170 valence electrons. The van der Waals surface area contributed by atoms with Crippen LogP contribution in [0.2, 0.25) is 0 Å². The van der Waals surface area contributed by atoms with E-state index in [1.165, 1.54) is 12.1 Å². The lowest BCUT2D eigenvalue weighted by Gasteiger charge is -2.21.